The third kappa shape index (κ3) is 4.70. The number of aromatic carboxylic acids is 1. The van der Waals surface area contributed by atoms with E-state index in [1.807, 2.05) is 23.9 Å². The molecule has 1 aromatic carbocycles. The average molecular weight is 337 g/mol. The van der Waals surface area contributed by atoms with Crippen molar-refractivity contribution in [2.75, 3.05) is 0 Å². The first kappa shape index (κ1) is 20.9. The third-order valence-electron chi connectivity index (χ3n) is 4.17. The van der Waals surface area contributed by atoms with E-state index in [4.69, 9.17) is 0 Å². The Kier molecular flexibility index (Phi) is 8.16. The molecule has 0 radical (unpaired) electrons. The maximum Gasteiger partial charge on any atom is 1.00 e. The molecular weight excluding hydrogens is 313 g/mol. The molecule has 1 N–H and O–H groups in total. The molecule has 0 fully saturated rings. The van der Waals surface area contributed by atoms with Gasteiger partial charge in [0.15, 0.2) is 0 Å². The van der Waals surface area contributed by atoms with Gasteiger partial charge in [-0.15, -0.1) is 0 Å². The van der Waals surface area contributed by atoms with Crippen molar-refractivity contribution in [3.05, 3.63) is 51.8 Å². The van der Waals surface area contributed by atoms with Crippen molar-refractivity contribution in [2.24, 2.45) is 7.05 Å². The van der Waals surface area contributed by atoms with Crippen LogP contribution in [0.2, 0.25) is 0 Å². The van der Waals surface area contributed by atoms with Crippen molar-refractivity contribution in [3.63, 3.8) is 0 Å². The molecule has 0 atom stereocenters. The van der Waals surface area contributed by atoms with Crippen molar-refractivity contribution in [1.82, 2.24) is 15.1 Å². The molecule has 24 heavy (non-hydrogen) atoms. The number of carbonyl (C=O) groups is 1. The maximum atomic E-state index is 10.9. The molecule has 0 amide bonds. The first-order valence-corrected chi connectivity index (χ1v) is 8.03. The normalized spacial score (nSPS) is 10.5. The quantitative estimate of drug-likeness (QED) is 0.625. The van der Waals surface area contributed by atoms with Crippen LogP contribution in [0, 0.1) is 6.92 Å². The Hall–Kier alpha value is -1.14. The second-order valence-electron chi connectivity index (χ2n) is 5.74. The smallest absolute Gasteiger partial charge is 0.545 e. The molecule has 6 heteroatoms. The molecule has 0 aliphatic heterocycles. The van der Waals surface area contributed by atoms with Crippen LogP contribution >= 0.6 is 0 Å². The predicted molar refractivity (Wildman–Crippen MR) is 88.0 cm³/mol. The first-order chi connectivity index (χ1) is 11.0. The molecule has 2 rings (SSSR count). The summed E-state index contributed by atoms with van der Waals surface area (Å²) in [7, 11) is 1.99. The van der Waals surface area contributed by atoms with Crippen molar-refractivity contribution >= 4 is 5.97 Å². The zero-order valence-electron chi connectivity index (χ0n) is 15.3. The van der Waals surface area contributed by atoms with Crippen LogP contribution in [0.3, 0.4) is 0 Å². The minimum atomic E-state index is -1.13. The number of hydrogen-bond acceptors (Lipinski definition) is 4. The fraction of sp³-hybridized carbons (Fsp3) is 0.444. The minimum Gasteiger partial charge on any atom is -0.545 e. The van der Waals surface area contributed by atoms with Crippen LogP contribution < -0.4 is 40.0 Å². The fourth-order valence-corrected chi connectivity index (χ4v) is 2.99. The van der Waals surface area contributed by atoms with Crippen molar-refractivity contribution in [3.8, 4) is 0 Å². The predicted octanol–water partition coefficient (Wildman–Crippen LogP) is -1.49. The average Bonchev–Trinajstić information content (AvgIpc) is 2.82. The van der Waals surface area contributed by atoms with Crippen molar-refractivity contribution in [1.29, 1.82) is 0 Å². The van der Waals surface area contributed by atoms with Gasteiger partial charge in [-0.1, -0.05) is 32.0 Å². The third-order valence-corrected chi connectivity index (χ3v) is 4.17. The largest absolute Gasteiger partial charge is 1.00 e. The summed E-state index contributed by atoms with van der Waals surface area (Å²) in [5.41, 5.74) is 5.72. The van der Waals surface area contributed by atoms with Gasteiger partial charge in [-0.05, 0) is 30.9 Å². The van der Waals surface area contributed by atoms with E-state index in [-0.39, 0.29) is 35.1 Å². The van der Waals surface area contributed by atoms with Crippen LogP contribution in [-0.2, 0) is 33.0 Å². The molecule has 124 valence electrons. The number of aromatic nitrogens is 2. The molecule has 1 heterocycles. The Morgan fingerprint density at radius 3 is 2.50 bits per heavy atom. The molecule has 0 unspecified atom stereocenters. The number of hydrogen-bond donors (Lipinski definition) is 1. The summed E-state index contributed by atoms with van der Waals surface area (Å²) in [6.07, 6.45) is 1.88. The second-order valence-corrected chi connectivity index (χ2v) is 5.74. The zero-order valence-corrected chi connectivity index (χ0v) is 17.3. The van der Waals surface area contributed by atoms with Crippen molar-refractivity contribution in [2.45, 2.75) is 46.7 Å². The van der Waals surface area contributed by atoms with Gasteiger partial charge < -0.3 is 15.2 Å². The van der Waals surface area contributed by atoms with Crippen LogP contribution in [0.5, 0.6) is 0 Å². The van der Waals surface area contributed by atoms with Crippen LogP contribution in [0.15, 0.2) is 18.2 Å². The first-order valence-electron chi connectivity index (χ1n) is 8.03. The Bertz CT molecular complexity index is 711. The summed E-state index contributed by atoms with van der Waals surface area (Å²) in [4.78, 5) is 10.9. The molecule has 0 saturated carbocycles. The summed E-state index contributed by atoms with van der Waals surface area (Å²) in [5.74, 6) is -1.13. The Labute approximate surface area is 165 Å². The van der Waals surface area contributed by atoms with E-state index in [2.05, 4.69) is 24.3 Å². The molecule has 0 aliphatic carbocycles. The summed E-state index contributed by atoms with van der Waals surface area (Å²) in [5, 5.41) is 19.0. The monoisotopic (exact) mass is 337 g/mol. The second kappa shape index (κ2) is 9.37. The standard InChI is InChI=1S/C18H25N3O2.Na/c1-5-16-15(17(6-2)21(4)20-16)11-19-10-13-7-8-14(18(22)23)12(3)9-13;/h7-9,19H,5-6,10-11H2,1-4H3,(H,22,23);/q;+1/p-1. The van der Waals surface area contributed by atoms with Gasteiger partial charge in [0.25, 0.3) is 0 Å². The number of nitrogens with one attached hydrogen (secondary N) is 1. The van der Waals surface area contributed by atoms with E-state index in [0.717, 1.165) is 36.2 Å². The molecule has 0 bridgehead atoms. The van der Waals surface area contributed by atoms with E-state index < -0.39 is 5.97 Å². The van der Waals surface area contributed by atoms with E-state index in [0.29, 0.717) is 6.54 Å². The van der Waals surface area contributed by atoms with Gasteiger partial charge in [-0.3, -0.25) is 4.68 Å². The Morgan fingerprint density at radius 1 is 1.25 bits per heavy atom. The molecule has 0 spiro atoms. The van der Waals surface area contributed by atoms with Gasteiger partial charge in [-0.25, -0.2) is 0 Å². The number of nitrogens with zero attached hydrogens (tertiary/aromatic N) is 2. The minimum absolute atomic E-state index is 0. The van der Waals surface area contributed by atoms with E-state index >= 15 is 0 Å². The van der Waals surface area contributed by atoms with Crippen LogP contribution in [0.1, 0.15) is 52.3 Å². The van der Waals surface area contributed by atoms with Gasteiger partial charge in [0, 0.05) is 37.0 Å². The van der Waals surface area contributed by atoms with Crippen LogP contribution in [-0.4, -0.2) is 15.7 Å². The van der Waals surface area contributed by atoms with Gasteiger partial charge >= 0.3 is 29.6 Å². The van der Waals surface area contributed by atoms with E-state index in [1.54, 1.807) is 13.0 Å². The number of aryl methyl sites for hydroxylation is 3. The summed E-state index contributed by atoms with van der Waals surface area (Å²) < 4.78 is 1.97. The molecule has 0 aliphatic rings. The molecular formula is C18H24N3NaO2. The summed E-state index contributed by atoms with van der Waals surface area (Å²) in [6, 6.07) is 5.33. The zero-order chi connectivity index (χ0) is 17.0. The topological polar surface area (TPSA) is 70.0 Å². The van der Waals surface area contributed by atoms with Gasteiger partial charge in [0.1, 0.15) is 0 Å². The Morgan fingerprint density at radius 2 is 1.96 bits per heavy atom. The summed E-state index contributed by atoms with van der Waals surface area (Å²) >= 11 is 0. The van der Waals surface area contributed by atoms with E-state index in [1.165, 1.54) is 11.3 Å². The van der Waals surface area contributed by atoms with Crippen molar-refractivity contribution < 1.29 is 39.5 Å². The Balaban J connectivity index is 0.00000288. The summed E-state index contributed by atoms with van der Waals surface area (Å²) in [6.45, 7) is 7.51. The number of carboxylic acids is 1. The van der Waals surface area contributed by atoms with Gasteiger partial charge in [0.05, 0.1) is 11.7 Å². The maximum absolute atomic E-state index is 10.9. The van der Waals surface area contributed by atoms with Gasteiger partial charge in [0.2, 0.25) is 0 Å². The fourth-order valence-electron chi connectivity index (χ4n) is 2.99. The number of benzene rings is 1. The molecule has 5 nitrogen and oxygen atoms in total. The number of carboxylic acid groups (broad SMARTS) is 1. The molecule has 2 aromatic rings. The SMILES string of the molecule is CCc1nn(C)c(CC)c1CNCc1ccc(C(=O)[O-])c(C)c1.[Na+]. The van der Waals surface area contributed by atoms with Gasteiger partial charge in [-0.2, -0.15) is 5.10 Å². The van der Waals surface area contributed by atoms with Crippen LogP contribution in [0.25, 0.3) is 0 Å². The molecule has 1 aromatic heterocycles. The van der Waals surface area contributed by atoms with Crippen LogP contribution in [0.4, 0.5) is 0 Å². The van der Waals surface area contributed by atoms with E-state index in [9.17, 15) is 9.90 Å². The number of rotatable bonds is 7. The molecule has 0 saturated heterocycles. The number of carbonyl (C=O) groups excluding carboxylic acids is 1.